The highest BCUT2D eigenvalue weighted by Gasteiger charge is 2.28. The molecule has 0 atom stereocenters. The van der Waals surface area contributed by atoms with Crippen LogP contribution in [0.4, 0.5) is 4.39 Å². The number of carbonyl (C=O) groups is 3. The molecule has 0 saturated carbocycles. The summed E-state index contributed by atoms with van der Waals surface area (Å²) in [5.41, 5.74) is 6.47. The summed E-state index contributed by atoms with van der Waals surface area (Å²) in [7, 11) is 1.47. The summed E-state index contributed by atoms with van der Waals surface area (Å²) < 4.78 is 25.5. The van der Waals surface area contributed by atoms with Crippen molar-refractivity contribution in [3.63, 3.8) is 0 Å². The fourth-order valence-electron chi connectivity index (χ4n) is 3.64. The molecule has 0 aliphatic rings. The fourth-order valence-corrected chi connectivity index (χ4v) is 3.64. The van der Waals surface area contributed by atoms with Crippen molar-refractivity contribution in [3.05, 3.63) is 53.5 Å². The molecule has 2 amide bonds. The maximum atomic E-state index is 13.5. The molecule has 0 spiro atoms. The number of Topliss-reactive ketones (excluding diaryl/α,β-unsaturated/α-hetero) is 1. The van der Waals surface area contributed by atoms with Gasteiger partial charge >= 0.3 is 0 Å². The van der Waals surface area contributed by atoms with Crippen LogP contribution in [-0.4, -0.2) is 35.7 Å². The molecular weight excluding hydrogens is 417 g/mol. The molecular formula is C23H20FN3O5. The Labute approximate surface area is 181 Å². The Kier molecular flexibility index (Phi) is 5.17. The predicted molar refractivity (Wildman–Crippen MR) is 116 cm³/mol. The highest BCUT2D eigenvalue weighted by atomic mass is 19.1. The lowest BCUT2D eigenvalue weighted by molar-refractivity contribution is -0.114. The molecule has 0 saturated heterocycles. The molecule has 32 heavy (non-hydrogen) atoms. The van der Waals surface area contributed by atoms with E-state index in [0.717, 1.165) is 0 Å². The third-order valence-electron chi connectivity index (χ3n) is 4.97. The third-order valence-corrected chi connectivity index (χ3v) is 4.97. The normalized spacial score (nSPS) is 11.3. The van der Waals surface area contributed by atoms with Crippen LogP contribution in [0.5, 0.6) is 5.75 Å². The summed E-state index contributed by atoms with van der Waals surface area (Å²) in [4.78, 5) is 39.9. The molecule has 0 unspecified atom stereocenters. The van der Waals surface area contributed by atoms with E-state index in [1.165, 1.54) is 37.5 Å². The lowest BCUT2D eigenvalue weighted by Crippen LogP contribution is -2.22. The molecule has 4 rings (SSSR count). The Balaban J connectivity index is 2.15. The second-order valence-corrected chi connectivity index (χ2v) is 7.46. The van der Waals surface area contributed by atoms with E-state index in [9.17, 15) is 18.8 Å². The Morgan fingerprint density at radius 1 is 1.19 bits per heavy atom. The summed E-state index contributed by atoms with van der Waals surface area (Å²) in [5, 5.41) is 3.21. The minimum absolute atomic E-state index is 0.00503. The van der Waals surface area contributed by atoms with Gasteiger partial charge in [-0.15, -0.1) is 0 Å². The molecule has 8 nitrogen and oxygen atoms in total. The molecule has 0 aliphatic heterocycles. The Hall–Kier alpha value is -4.14. The van der Waals surface area contributed by atoms with Gasteiger partial charge in [-0.1, -0.05) is 0 Å². The van der Waals surface area contributed by atoms with Gasteiger partial charge in [0.2, 0.25) is 0 Å². The molecule has 9 heteroatoms. The van der Waals surface area contributed by atoms with Crippen molar-refractivity contribution in [2.75, 3.05) is 7.05 Å². The van der Waals surface area contributed by atoms with E-state index in [0.29, 0.717) is 22.2 Å². The number of ether oxygens (including phenoxy) is 1. The largest absolute Gasteiger partial charge is 0.489 e. The van der Waals surface area contributed by atoms with E-state index in [2.05, 4.69) is 10.3 Å². The van der Waals surface area contributed by atoms with Gasteiger partial charge in [-0.05, 0) is 44.2 Å². The number of aromatic nitrogens is 1. The number of furan rings is 1. The number of nitrogens with two attached hydrogens (primary N) is 1. The highest BCUT2D eigenvalue weighted by molar-refractivity contribution is 6.45. The standard InChI is InChI=1S/C23H20FN3O5/c1-10(2)31-15-8-13-17(23(30)26-3)20(11-4-6-12(24)7-5-11)32-21(13)16-14(9-27-18(15)16)19(28)22(25)29/h4-10,27H,1-3H3,(H2,25,29)(H,26,30). The monoisotopic (exact) mass is 437 g/mol. The van der Waals surface area contributed by atoms with Crippen molar-refractivity contribution in [2.24, 2.45) is 5.73 Å². The number of amides is 2. The fraction of sp³-hybridized carbons (Fsp3) is 0.174. The molecule has 2 aromatic carbocycles. The van der Waals surface area contributed by atoms with Gasteiger partial charge in [0.05, 0.1) is 28.1 Å². The number of halogens is 1. The first kappa shape index (κ1) is 21.1. The number of hydrogen-bond acceptors (Lipinski definition) is 5. The average molecular weight is 437 g/mol. The zero-order valence-electron chi connectivity index (χ0n) is 17.5. The minimum atomic E-state index is -1.13. The van der Waals surface area contributed by atoms with Crippen molar-refractivity contribution >= 4 is 39.5 Å². The van der Waals surface area contributed by atoms with Crippen LogP contribution < -0.4 is 15.8 Å². The highest BCUT2D eigenvalue weighted by Crippen LogP contribution is 2.42. The number of fused-ring (bicyclic) bond motifs is 3. The van der Waals surface area contributed by atoms with Crippen LogP contribution in [0.25, 0.3) is 33.2 Å². The summed E-state index contributed by atoms with van der Waals surface area (Å²) in [5.74, 6) is -2.40. The minimum Gasteiger partial charge on any atom is -0.489 e. The van der Waals surface area contributed by atoms with Crippen LogP contribution in [0, 0.1) is 5.82 Å². The molecule has 0 fully saturated rings. The first-order valence-corrected chi connectivity index (χ1v) is 9.82. The van der Waals surface area contributed by atoms with E-state index in [-0.39, 0.29) is 34.0 Å². The second-order valence-electron chi connectivity index (χ2n) is 7.46. The van der Waals surface area contributed by atoms with Gasteiger partial charge in [-0.25, -0.2) is 4.39 Å². The summed E-state index contributed by atoms with van der Waals surface area (Å²) in [6, 6.07) is 7.09. The smallest absolute Gasteiger partial charge is 0.289 e. The Morgan fingerprint density at radius 2 is 1.88 bits per heavy atom. The molecule has 2 aromatic heterocycles. The molecule has 2 heterocycles. The number of aromatic amines is 1. The summed E-state index contributed by atoms with van der Waals surface area (Å²) >= 11 is 0. The van der Waals surface area contributed by atoms with Gasteiger partial charge in [-0.3, -0.25) is 14.4 Å². The van der Waals surface area contributed by atoms with E-state index in [1.807, 2.05) is 13.8 Å². The zero-order valence-corrected chi connectivity index (χ0v) is 17.5. The van der Waals surface area contributed by atoms with E-state index in [1.54, 1.807) is 6.07 Å². The molecule has 0 radical (unpaired) electrons. The first-order chi connectivity index (χ1) is 15.2. The molecule has 164 valence electrons. The topological polar surface area (TPSA) is 127 Å². The number of ketones is 1. The third kappa shape index (κ3) is 3.37. The maximum Gasteiger partial charge on any atom is 0.289 e. The average Bonchev–Trinajstić information content (AvgIpc) is 3.35. The van der Waals surface area contributed by atoms with Crippen LogP contribution in [0.3, 0.4) is 0 Å². The Bertz CT molecular complexity index is 1380. The lowest BCUT2D eigenvalue weighted by Gasteiger charge is -2.11. The van der Waals surface area contributed by atoms with Crippen LogP contribution in [0.1, 0.15) is 34.6 Å². The SMILES string of the molecule is CNC(=O)c1c(-c2ccc(F)cc2)oc2c1cc(OC(C)C)c1[nH]cc(C(=O)C(N)=O)c12. The van der Waals surface area contributed by atoms with Gasteiger partial charge in [0, 0.05) is 24.2 Å². The van der Waals surface area contributed by atoms with Crippen molar-refractivity contribution in [1.82, 2.24) is 10.3 Å². The van der Waals surface area contributed by atoms with Crippen LogP contribution >= 0.6 is 0 Å². The van der Waals surface area contributed by atoms with E-state index < -0.39 is 23.4 Å². The predicted octanol–water partition coefficient (Wildman–Crippen LogP) is 3.54. The van der Waals surface area contributed by atoms with Crippen LogP contribution in [0.15, 0.2) is 40.9 Å². The van der Waals surface area contributed by atoms with Gasteiger partial charge in [0.25, 0.3) is 17.6 Å². The first-order valence-electron chi connectivity index (χ1n) is 9.82. The van der Waals surface area contributed by atoms with Gasteiger partial charge in [0.15, 0.2) is 0 Å². The quantitative estimate of drug-likeness (QED) is 0.314. The number of benzene rings is 2. The number of rotatable bonds is 6. The maximum absolute atomic E-state index is 13.5. The zero-order chi connectivity index (χ0) is 23.2. The lowest BCUT2D eigenvalue weighted by atomic mass is 10.0. The summed E-state index contributed by atoms with van der Waals surface area (Å²) in [6.07, 6.45) is 1.13. The molecule has 0 aliphatic carbocycles. The van der Waals surface area contributed by atoms with Crippen molar-refractivity contribution < 1.29 is 27.9 Å². The number of H-pyrrole nitrogens is 1. The van der Waals surface area contributed by atoms with Gasteiger partial charge in [-0.2, -0.15) is 0 Å². The van der Waals surface area contributed by atoms with Crippen molar-refractivity contribution in [1.29, 1.82) is 0 Å². The van der Waals surface area contributed by atoms with Gasteiger partial charge < -0.3 is 25.2 Å². The Morgan fingerprint density at radius 3 is 2.47 bits per heavy atom. The van der Waals surface area contributed by atoms with E-state index >= 15 is 0 Å². The number of carbonyl (C=O) groups excluding carboxylic acids is 3. The summed E-state index contributed by atoms with van der Waals surface area (Å²) in [6.45, 7) is 3.65. The molecule has 4 aromatic rings. The van der Waals surface area contributed by atoms with Gasteiger partial charge in [0.1, 0.15) is 22.9 Å². The second kappa shape index (κ2) is 7.84. The van der Waals surface area contributed by atoms with Crippen molar-refractivity contribution in [2.45, 2.75) is 20.0 Å². The van der Waals surface area contributed by atoms with Crippen molar-refractivity contribution in [3.8, 4) is 17.1 Å². The molecule has 0 bridgehead atoms. The number of primary amides is 1. The molecule has 4 N–H and O–H groups in total. The number of nitrogens with one attached hydrogen (secondary N) is 2. The van der Waals surface area contributed by atoms with Crippen LogP contribution in [-0.2, 0) is 4.79 Å². The van der Waals surface area contributed by atoms with E-state index in [4.69, 9.17) is 14.9 Å². The number of hydrogen-bond donors (Lipinski definition) is 3. The van der Waals surface area contributed by atoms with Crippen LogP contribution in [0.2, 0.25) is 0 Å².